The summed E-state index contributed by atoms with van der Waals surface area (Å²) in [6.07, 6.45) is 5.73. The highest BCUT2D eigenvalue weighted by molar-refractivity contribution is 6.15. The first kappa shape index (κ1) is 86.6. The Morgan fingerprint density at radius 1 is 0.211 bits per heavy atom. The lowest BCUT2D eigenvalue weighted by Gasteiger charge is -2.34. The van der Waals surface area contributed by atoms with Gasteiger partial charge in [-0.25, -0.2) is 29.9 Å². The molecule has 0 saturated carbocycles. The maximum Gasteiger partial charge on any atom is 0.164 e. The molecule has 9 aromatic heterocycles. The molecule has 680 valence electrons. The van der Waals surface area contributed by atoms with E-state index in [9.17, 15) is 0 Å². The van der Waals surface area contributed by atoms with Gasteiger partial charge in [0.25, 0.3) is 0 Å². The maximum absolute atomic E-state index is 5.34. The average molecular weight is 1830 g/mol. The molecule has 15 nitrogen and oxygen atoms in total. The maximum atomic E-state index is 5.34. The Bertz CT molecular complexity index is 8440. The van der Waals surface area contributed by atoms with Gasteiger partial charge in [0, 0.05) is 102 Å². The third-order valence-electron chi connectivity index (χ3n) is 27.2. The number of pyridine rings is 3. The Kier molecular flexibility index (Phi) is 21.8. The molecule has 0 fully saturated rings. The lowest BCUT2D eigenvalue weighted by atomic mass is 9.85. The van der Waals surface area contributed by atoms with Gasteiger partial charge in [0.1, 0.15) is 0 Å². The molecule has 0 unspecified atom stereocenters. The first-order valence-corrected chi connectivity index (χ1v) is 48.2. The van der Waals surface area contributed by atoms with Gasteiger partial charge in [0.05, 0.1) is 94.8 Å². The summed E-state index contributed by atoms with van der Waals surface area (Å²) in [5.41, 5.74) is 33.3. The molecule has 0 amide bonds. The number of hydrogen-bond donors (Lipinski definition) is 0. The highest BCUT2D eigenvalue weighted by atomic mass is 15.2. The van der Waals surface area contributed by atoms with Crippen molar-refractivity contribution in [2.24, 2.45) is 0 Å². The number of benzene rings is 16. The van der Waals surface area contributed by atoms with E-state index < -0.39 is 0 Å². The molecule has 0 aliphatic rings. The lowest BCUT2D eigenvalue weighted by molar-refractivity contribution is 0.590. The van der Waals surface area contributed by atoms with Crippen molar-refractivity contribution in [1.82, 2.24) is 63.1 Å². The zero-order valence-corrected chi connectivity index (χ0v) is 79.9. The van der Waals surface area contributed by atoms with E-state index in [0.29, 0.717) is 34.9 Å². The number of para-hydroxylation sites is 7. The number of hydrogen-bond acceptors (Lipinski definition) is 11. The molecule has 15 heteroatoms. The topological polar surface area (TPSA) is 142 Å². The highest BCUT2D eigenvalue weighted by Crippen LogP contribution is 2.53. The molecule has 0 radical (unpaired) electrons. The second-order valence-corrected chi connectivity index (χ2v) is 38.3. The predicted molar refractivity (Wildman–Crippen MR) is 585 cm³/mol. The van der Waals surface area contributed by atoms with Gasteiger partial charge in [-0.2, -0.15) is 0 Å². The van der Waals surface area contributed by atoms with Crippen LogP contribution in [0.1, 0.15) is 63.8 Å². The molecule has 0 aliphatic heterocycles. The van der Waals surface area contributed by atoms with Crippen LogP contribution in [0.3, 0.4) is 0 Å². The Labute approximate surface area is 823 Å². The second kappa shape index (κ2) is 35.7. The largest absolute Gasteiger partial charge is 0.308 e. The third-order valence-corrected chi connectivity index (χ3v) is 27.2. The SMILES string of the molecule is CC(C)(C)c1ccc2c(c1)c1cc(C(C)(C)C)ccc1n2-c1c(-n2c3ccccc3c3ncccc32)cc(-c2ccc(-c3nc(-c4ccccc4)nc(-c4ccccc4)n3)cc2)cc1-n1c2ccccc2c2ncccc21.Cc1cccc2c3nccc(C)c3n(-c3c(N(c4ccccc4)c4ccccc4)cc(-c4nc(-c5ccccc5)nc(-c5ccccc5)n4)cc3N(c3ccccc3)c3ccccc3)c12. The van der Waals surface area contributed by atoms with Crippen LogP contribution >= 0.6 is 0 Å². The summed E-state index contributed by atoms with van der Waals surface area (Å²) in [6, 6.07) is 150. The fraction of sp³-hybridized carbons (Fsp3) is 0.0787. The summed E-state index contributed by atoms with van der Waals surface area (Å²) < 4.78 is 9.86. The summed E-state index contributed by atoms with van der Waals surface area (Å²) in [6.45, 7) is 18.2. The van der Waals surface area contributed by atoms with Crippen LogP contribution in [0.25, 0.3) is 190 Å². The predicted octanol–water partition coefficient (Wildman–Crippen LogP) is 32.1. The van der Waals surface area contributed by atoms with Crippen molar-refractivity contribution in [2.45, 2.75) is 66.2 Å². The Balaban J connectivity index is 0.000000156. The zero-order chi connectivity index (χ0) is 95.9. The number of rotatable bonds is 17. The smallest absolute Gasteiger partial charge is 0.164 e. The standard InChI is InChI=1S/C69H54N8.C58H43N7/c1-68(2,3)48-33-35-56-52(41-48)53-42-49(69(4,5)6)34-36-57(53)77(56)64-60(75-54-25-15-13-23-50(54)62-58(75)27-17-37-70-62)39-47(40-61(64)76-55-26-16-14-24-51(55)63-59(76)28-18-38-71-63)43-29-31-46(32-30-43)67-73-65(44-19-9-7-10-20-44)72-66(74-67)45-21-11-8-12-22-45;1-40-22-21-35-49-52-54(41(2)36-37-59-52)65(53(40)49)55-50(63(45-27-13-5-14-28-45)46-29-15-6-16-30-46)38-44(39-51(55)64(47-31-17-7-18-32-47)48-33-19-8-20-34-48)58-61-56(42-23-9-3-10-24-42)60-57(62-58)43-25-11-4-12-26-43/h7-42H,1-6H3;3-39H,1-2H3. The summed E-state index contributed by atoms with van der Waals surface area (Å²) in [7, 11) is 0. The van der Waals surface area contributed by atoms with E-state index in [1.165, 1.54) is 21.9 Å². The van der Waals surface area contributed by atoms with Gasteiger partial charge in [-0.15, -0.1) is 0 Å². The molecule has 25 rings (SSSR count). The van der Waals surface area contributed by atoms with E-state index in [0.717, 1.165) is 189 Å². The van der Waals surface area contributed by atoms with Crippen LogP contribution in [0.2, 0.25) is 0 Å². The molecule has 142 heavy (non-hydrogen) atoms. The number of fused-ring (bicyclic) bond motifs is 12. The molecule has 0 aliphatic carbocycles. The van der Waals surface area contributed by atoms with Crippen LogP contribution in [0.15, 0.2) is 443 Å². The van der Waals surface area contributed by atoms with Crippen molar-refractivity contribution in [1.29, 1.82) is 0 Å². The van der Waals surface area contributed by atoms with Crippen LogP contribution in [0.4, 0.5) is 34.1 Å². The first-order chi connectivity index (χ1) is 69.6. The quantitative estimate of drug-likeness (QED) is 0.0860. The molecule has 0 atom stereocenters. The highest BCUT2D eigenvalue weighted by Gasteiger charge is 2.34. The van der Waals surface area contributed by atoms with E-state index >= 15 is 0 Å². The zero-order valence-electron chi connectivity index (χ0n) is 79.9. The monoisotopic (exact) mass is 1830 g/mol. The fourth-order valence-corrected chi connectivity index (χ4v) is 20.3. The van der Waals surface area contributed by atoms with Crippen LogP contribution in [-0.2, 0) is 10.8 Å². The van der Waals surface area contributed by atoms with E-state index in [4.69, 9.17) is 44.9 Å². The summed E-state index contributed by atoms with van der Waals surface area (Å²) >= 11 is 0. The third kappa shape index (κ3) is 15.6. The number of aromatic nitrogens is 13. The second-order valence-electron chi connectivity index (χ2n) is 38.3. The van der Waals surface area contributed by atoms with Gasteiger partial charge in [-0.05, 0) is 198 Å². The summed E-state index contributed by atoms with van der Waals surface area (Å²) in [5, 5.41) is 5.68. The lowest BCUT2D eigenvalue weighted by Crippen LogP contribution is -2.18. The van der Waals surface area contributed by atoms with E-state index in [1.54, 1.807) is 0 Å². The van der Waals surface area contributed by atoms with Gasteiger partial charge in [0.2, 0.25) is 0 Å². The van der Waals surface area contributed by atoms with E-state index in [2.05, 4.69) is 387 Å². The Morgan fingerprint density at radius 2 is 0.535 bits per heavy atom. The summed E-state index contributed by atoms with van der Waals surface area (Å²) in [5.74, 6) is 3.58. The van der Waals surface area contributed by atoms with Crippen LogP contribution in [0.5, 0.6) is 0 Å². The fourth-order valence-electron chi connectivity index (χ4n) is 20.3. The van der Waals surface area contributed by atoms with Crippen molar-refractivity contribution >= 4 is 122 Å². The first-order valence-electron chi connectivity index (χ1n) is 48.2. The average Bonchev–Trinajstić information content (AvgIpc) is 1.54. The number of nitrogens with zero attached hydrogens (tertiary/aromatic N) is 15. The van der Waals surface area contributed by atoms with Crippen LogP contribution < -0.4 is 9.80 Å². The molecule has 25 aromatic rings. The van der Waals surface area contributed by atoms with Gasteiger partial charge < -0.3 is 28.1 Å². The van der Waals surface area contributed by atoms with Crippen molar-refractivity contribution in [3.63, 3.8) is 0 Å². The van der Waals surface area contributed by atoms with Crippen molar-refractivity contribution < 1.29 is 0 Å². The minimum absolute atomic E-state index is 0.0679. The van der Waals surface area contributed by atoms with Gasteiger partial charge in [-0.3, -0.25) is 15.0 Å². The molecular weight excluding hydrogens is 1740 g/mol. The minimum atomic E-state index is -0.0679. The van der Waals surface area contributed by atoms with E-state index in [-0.39, 0.29) is 10.8 Å². The normalized spacial score (nSPS) is 11.8. The van der Waals surface area contributed by atoms with Gasteiger partial charge in [0.15, 0.2) is 34.9 Å². The minimum Gasteiger partial charge on any atom is -0.308 e. The molecule has 9 heterocycles. The summed E-state index contributed by atoms with van der Waals surface area (Å²) in [4.78, 5) is 50.9. The molecule has 0 saturated heterocycles. The van der Waals surface area contributed by atoms with Crippen LogP contribution in [0, 0.1) is 13.8 Å². The number of anilines is 6. The molecule has 0 spiro atoms. The molecule has 0 bridgehead atoms. The van der Waals surface area contributed by atoms with Crippen molar-refractivity contribution in [2.75, 3.05) is 9.80 Å². The van der Waals surface area contributed by atoms with Gasteiger partial charge >= 0.3 is 0 Å². The van der Waals surface area contributed by atoms with Crippen molar-refractivity contribution in [3.05, 3.63) is 465 Å². The van der Waals surface area contributed by atoms with Gasteiger partial charge in [-0.1, -0.05) is 327 Å². The molecule has 16 aromatic carbocycles. The van der Waals surface area contributed by atoms with E-state index in [1.807, 2.05) is 140 Å². The Hall–Kier alpha value is -18.2. The van der Waals surface area contributed by atoms with Crippen molar-refractivity contribution in [3.8, 4) is 102 Å². The van der Waals surface area contributed by atoms with Crippen LogP contribution in [-0.4, -0.2) is 63.1 Å². The number of aryl methyl sites for hydroxylation is 2. The Morgan fingerprint density at radius 3 is 0.930 bits per heavy atom. The molecular formula is C127H97N15. The molecule has 0 N–H and O–H groups in total.